The Kier molecular flexibility index (Phi) is 7.04. The fraction of sp³-hybridized carbons (Fsp3) is 0.0625. The maximum absolute atomic E-state index is 5.97. The van der Waals surface area contributed by atoms with Crippen LogP contribution in [-0.4, -0.2) is 14.2 Å². The van der Waals surface area contributed by atoms with Gasteiger partial charge in [0.05, 0.1) is 14.2 Å². The van der Waals surface area contributed by atoms with Crippen molar-refractivity contribution in [3.63, 3.8) is 0 Å². The second kappa shape index (κ2) is 10.9. The van der Waals surface area contributed by atoms with Gasteiger partial charge in [0.2, 0.25) is 0 Å². The van der Waals surface area contributed by atoms with E-state index in [0.717, 1.165) is 57.0 Å². The number of ether oxygens (including phenoxy) is 2. The molecule has 0 aliphatic rings. The van der Waals surface area contributed by atoms with E-state index in [0.29, 0.717) is 0 Å². The summed E-state index contributed by atoms with van der Waals surface area (Å²) in [6.07, 6.45) is 0. The van der Waals surface area contributed by atoms with Crippen molar-refractivity contribution in [3.05, 3.63) is 121 Å². The van der Waals surface area contributed by atoms with Crippen LogP contribution in [0.2, 0.25) is 0 Å². The summed E-state index contributed by atoms with van der Waals surface area (Å²) in [5.74, 6) is 1.61. The molecule has 4 N–H and O–H groups in total. The first-order chi connectivity index (χ1) is 18.6. The number of nitrogen functional groups attached to an aromatic ring is 2. The summed E-state index contributed by atoms with van der Waals surface area (Å²) in [7, 11) is 3.34. The molecule has 0 saturated carbocycles. The summed E-state index contributed by atoms with van der Waals surface area (Å²) < 4.78 is 10.8. The van der Waals surface area contributed by atoms with E-state index in [1.807, 2.05) is 97.1 Å². The number of benzene rings is 5. The van der Waals surface area contributed by atoms with E-state index in [4.69, 9.17) is 20.9 Å². The minimum Gasteiger partial charge on any atom is -0.497 e. The van der Waals surface area contributed by atoms with Gasteiger partial charge in [-0.2, -0.15) is 0 Å². The molecule has 0 unspecified atom stereocenters. The Morgan fingerprint density at radius 3 is 0.816 bits per heavy atom. The van der Waals surface area contributed by atoms with Crippen molar-refractivity contribution >= 4 is 45.5 Å². The van der Waals surface area contributed by atoms with Crippen molar-refractivity contribution in [2.24, 2.45) is 0 Å². The van der Waals surface area contributed by atoms with Crippen molar-refractivity contribution in [2.75, 3.05) is 35.5 Å². The van der Waals surface area contributed by atoms with Gasteiger partial charge in [-0.25, -0.2) is 0 Å². The van der Waals surface area contributed by atoms with E-state index in [9.17, 15) is 0 Å². The fourth-order valence-electron chi connectivity index (χ4n) is 4.35. The second-order valence-corrected chi connectivity index (χ2v) is 8.77. The van der Waals surface area contributed by atoms with Crippen molar-refractivity contribution in [1.82, 2.24) is 0 Å². The molecule has 0 fully saturated rings. The number of hydrogen-bond donors (Lipinski definition) is 2. The Hall–Kier alpha value is -5.10. The molecule has 0 aliphatic carbocycles. The number of anilines is 8. The molecule has 0 spiro atoms. The van der Waals surface area contributed by atoms with Gasteiger partial charge in [0.15, 0.2) is 0 Å². The molecule has 0 bridgehead atoms. The highest BCUT2D eigenvalue weighted by Gasteiger charge is 2.16. The monoisotopic (exact) mass is 502 g/mol. The predicted octanol–water partition coefficient (Wildman–Crippen LogP) is 7.81. The molecule has 0 amide bonds. The van der Waals surface area contributed by atoms with E-state index in [1.165, 1.54) is 0 Å². The van der Waals surface area contributed by atoms with Crippen LogP contribution in [0.15, 0.2) is 121 Å². The Labute approximate surface area is 223 Å². The number of rotatable bonds is 8. The summed E-state index contributed by atoms with van der Waals surface area (Å²) in [6.45, 7) is 0. The van der Waals surface area contributed by atoms with Crippen LogP contribution >= 0.6 is 0 Å². The van der Waals surface area contributed by atoms with Gasteiger partial charge in [0, 0.05) is 45.5 Å². The smallest absolute Gasteiger partial charge is 0.119 e. The molecule has 0 saturated heterocycles. The highest BCUT2D eigenvalue weighted by atomic mass is 16.5. The fourth-order valence-corrected chi connectivity index (χ4v) is 4.35. The van der Waals surface area contributed by atoms with Crippen LogP contribution in [0, 0.1) is 0 Å². The summed E-state index contributed by atoms with van der Waals surface area (Å²) in [5, 5.41) is 0. The average molecular weight is 503 g/mol. The van der Waals surface area contributed by atoms with E-state index in [1.54, 1.807) is 14.2 Å². The quantitative estimate of drug-likeness (QED) is 0.211. The molecule has 0 radical (unpaired) electrons. The Bertz CT molecular complexity index is 1370. The summed E-state index contributed by atoms with van der Waals surface area (Å²) in [4.78, 5) is 4.37. The molecule has 0 atom stereocenters. The molecule has 190 valence electrons. The SMILES string of the molecule is COc1ccc(N(c2ccc(OC)cc2)c2ccc(N(c3ccc(N)cc3)c3ccc(N)cc3)cc2)cc1. The molecule has 6 nitrogen and oxygen atoms in total. The van der Waals surface area contributed by atoms with Crippen molar-refractivity contribution in [3.8, 4) is 11.5 Å². The lowest BCUT2D eigenvalue weighted by atomic mass is 10.1. The van der Waals surface area contributed by atoms with Crippen LogP contribution in [0.3, 0.4) is 0 Å². The number of hydrogen-bond acceptors (Lipinski definition) is 6. The van der Waals surface area contributed by atoms with Gasteiger partial charge in [-0.1, -0.05) is 0 Å². The van der Waals surface area contributed by atoms with Gasteiger partial charge in [0.1, 0.15) is 11.5 Å². The van der Waals surface area contributed by atoms with Crippen LogP contribution in [0.4, 0.5) is 45.5 Å². The van der Waals surface area contributed by atoms with Crippen LogP contribution in [-0.2, 0) is 0 Å². The van der Waals surface area contributed by atoms with Gasteiger partial charge < -0.3 is 30.7 Å². The molecule has 6 heteroatoms. The van der Waals surface area contributed by atoms with E-state index < -0.39 is 0 Å². The lowest BCUT2D eigenvalue weighted by Crippen LogP contribution is -2.12. The van der Waals surface area contributed by atoms with Crippen LogP contribution in [0.1, 0.15) is 0 Å². The van der Waals surface area contributed by atoms with E-state index >= 15 is 0 Å². The Balaban J connectivity index is 1.56. The zero-order chi connectivity index (χ0) is 26.5. The second-order valence-electron chi connectivity index (χ2n) is 8.77. The normalized spacial score (nSPS) is 10.6. The average Bonchev–Trinajstić information content (AvgIpc) is 2.97. The first-order valence-electron chi connectivity index (χ1n) is 12.3. The molecule has 0 aliphatic heterocycles. The lowest BCUT2D eigenvalue weighted by molar-refractivity contribution is 0.415. The van der Waals surface area contributed by atoms with E-state index in [-0.39, 0.29) is 0 Å². The zero-order valence-electron chi connectivity index (χ0n) is 21.4. The first kappa shape index (κ1) is 24.6. The summed E-state index contributed by atoms with van der Waals surface area (Å²) in [6, 6.07) is 40.2. The van der Waals surface area contributed by atoms with Crippen LogP contribution < -0.4 is 30.7 Å². The van der Waals surface area contributed by atoms with Gasteiger partial charge in [-0.3, -0.25) is 0 Å². The largest absolute Gasteiger partial charge is 0.497 e. The third-order valence-corrected chi connectivity index (χ3v) is 6.33. The van der Waals surface area contributed by atoms with E-state index in [2.05, 4.69) is 34.1 Å². The van der Waals surface area contributed by atoms with Crippen LogP contribution in [0.5, 0.6) is 11.5 Å². The van der Waals surface area contributed by atoms with Gasteiger partial charge in [-0.05, 0) is 121 Å². The molecule has 38 heavy (non-hydrogen) atoms. The maximum atomic E-state index is 5.97. The van der Waals surface area contributed by atoms with Crippen molar-refractivity contribution in [2.45, 2.75) is 0 Å². The molecule has 0 heterocycles. The third-order valence-electron chi connectivity index (χ3n) is 6.33. The van der Waals surface area contributed by atoms with Crippen molar-refractivity contribution < 1.29 is 9.47 Å². The van der Waals surface area contributed by atoms with Gasteiger partial charge >= 0.3 is 0 Å². The van der Waals surface area contributed by atoms with Crippen molar-refractivity contribution in [1.29, 1.82) is 0 Å². The predicted molar refractivity (Wildman–Crippen MR) is 158 cm³/mol. The Morgan fingerprint density at radius 1 is 0.368 bits per heavy atom. The topological polar surface area (TPSA) is 77.0 Å². The summed E-state index contributed by atoms with van der Waals surface area (Å²) >= 11 is 0. The van der Waals surface area contributed by atoms with Crippen LogP contribution in [0.25, 0.3) is 0 Å². The highest BCUT2D eigenvalue weighted by Crippen LogP contribution is 2.40. The Morgan fingerprint density at radius 2 is 0.579 bits per heavy atom. The molecule has 0 aromatic heterocycles. The number of nitrogens with zero attached hydrogens (tertiary/aromatic N) is 2. The summed E-state index contributed by atoms with van der Waals surface area (Å²) in [5.41, 5.74) is 19.4. The van der Waals surface area contributed by atoms with Gasteiger partial charge in [0.25, 0.3) is 0 Å². The molecule has 5 rings (SSSR count). The minimum absolute atomic E-state index is 0.718. The molecule has 5 aromatic carbocycles. The zero-order valence-corrected chi connectivity index (χ0v) is 21.4. The molecular formula is C32H30N4O2. The third kappa shape index (κ3) is 5.20. The molecule has 5 aromatic rings. The molecular weight excluding hydrogens is 472 g/mol. The minimum atomic E-state index is 0.718. The number of methoxy groups -OCH3 is 2. The first-order valence-corrected chi connectivity index (χ1v) is 12.3. The number of nitrogens with two attached hydrogens (primary N) is 2. The lowest BCUT2D eigenvalue weighted by Gasteiger charge is -2.28. The van der Waals surface area contributed by atoms with Gasteiger partial charge in [-0.15, -0.1) is 0 Å². The highest BCUT2D eigenvalue weighted by molar-refractivity contribution is 5.81. The standard InChI is InChI=1S/C32H30N4O2/c1-37-31-19-15-29(16-20-31)36(30-17-21-32(38-2)22-18-30)28-13-11-27(12-14-28)35(25-7-3-23(33)4-8-25)26-9-5-24(34)6-10-26/h3-22H,33-34H2,1-2H3. The maximum Gasteiger partial charge on any atom is 0.119 e.